The quantitative estimate of drug-likeness (QED) is 0.363. The molecule has 7 heteroatoms. The van der Waals surface area contributed by atoms with Crippen LogP contribution in [0.5, 0.6) is 0 Å². The zero-order valence-corrected chi connectivity index (χ0v) is 19.6. The molecule has 1 aliphatic heterocycles. The van der Waals surface area contributed by atoms with Gasteiger partial charge in [-0.15, -0.1) is 24.0 Å². The normalized spacial score (nSPS) is 20.1. The zero-order chi connectivity index (χ0) is 19.2. The fourth-order valence-electron chi connectivity index (χ4n) is 3.51. The molecule has 0 bridgehead atoms. The number of aromatic nitrogens is 1. The molecule has 0 spiro atoms. The van der Waals surface area contributed by atoms with E-state index in [9.17, 15) is 0 Å². The van der Waals surface area contributed by atoms with Gasteiger partial charge in [-0.25, -0.2) is 9.98 Å². The van der Waals surface area contributed by atoms with Gasteiger partial charge in [0.05, 0.1) is 5.69 Å². The molecule has 2 atom stereocenters. The van der Waals surface area contributed by atoms with Gasteiger partial charge in [0.15, 0.2) is 5.96 Å². The van der Waals surface area contributed by atoms with E-state index in [-0.39, 0.29) is 24.0 Å². The second kappa shape index (κ2) is 10.8. The van der Waals surface area contributed by atoms with Gasteiger partial charge in [0.1, 0.15) is 12.3 Å². The maximum absolute atomic E-state index is 5.63. The molecule has 0 aliphatic carbocycles. The molecule has 1 aromatic heterocycles. The van der Waals surface area contributed by atoms with E-state index in [4.69, 9.17) is 4.42 Å². The lowest BCUT2D eigenvalue weighted by Gasteiger charge is -2.21. The number of nitrogens with zero attached hydrogens (tertiary/aromatic N) is 3. The molecule has 3 rings (SSSR count). The smallest absolute Gasteiger partial charge is 0.216 e. The number of nitrogens with one attached hydrogen (secondary N) is 2. The molecule has 28 heavy (non-hydrogen) atoms. The van der Waals surface area contributed by atoms with E-state index < -0.39 is 0 Å². The lowest BCUT2D eigenvalue weighted by Crippen LogP contribution is -2.44. The van der Waals surface area contributed by atoms with Gasteiger partial charge in [-0.3, -0.25) is 4.90 Å². The van der Waals surface area contributed by atoms with Gasteiger partial charge in [0.2, 0.25) is 5.89 Å². The monoisotopic (exact) mass is 497 g/mol. The molecular weight excluding hydrogens is 465 g/mol. The van der Waals surface area contributed by atoms with Crippen LogP contribution in [-0.2, 0) is 13.1 Å². The summed E-state index contributed by atoms with van der Waals surface area (Å²) in [6, 6.07) is 11.6. The molecule has 6 nitrogen and oxygen atoms in total. The van der Waals surface area contributed by atoms with Crippen LogP contribution in [0.2, 0.25) is 0 Å². The summed E-state index contributed by atoms with van der Waals surface area (Å²) in [5, 5.41) is 6.91. The minimum absolute atomic E-state index is 0. The maximum atomic E-state index is 5.63. The van der Waals surface area contributed by atoms with Crippen molar-refractivity contribution in [3.8, 4) is 0 Å². The number of rotatable bonds is 6. The van der Waals surface area contributed by atoms with Crippen molar-refractivity contribution in [1.82, 2.24) is 20.5 Å². The number of likely N-dealkylation sites (tertiary alicyclic amines) is 1. The first-order chi connectivity index (χ1) is 13.0. The van der Waals surface area contributed by atoms with E-state index in [1.807, 2.05) is 13.8 Å². The predicted molar refractivity (Wildman–Crippen MR) is 124 cm³/mol. The molecular formula is C21H32IN5O. The molecule has 1 saturated heterocycles. The van der Waals surface area contributed by atoms with Crippen LogP contribution in [0.15, 0.2) is 39.7 Å². The van der Waals surface area contributed by atoms with Crippen LogP contribution in [0.25, 0.3) is 0 Å². The topological polar surface area (TPSA) is 65.7 Å². The summed E-state index contributed by atoms with van der Waals surface area (Å²) in [4.78, 5) is 11.6. The first-order valence-electron chi connectivity index (χ1n) is 9.81. The van der Waals surface area contributed by atoms with Crippen molar-refractivity contribution in [3.05, 3.63) is 53.2 Å². The number of oxazole rings is 1. The average Bonchev–Trinajstić information content (AvgIpc) is 3.15. The first-order valence-corrected chi connectivity index (χ1v) is 9.81. The SMILES string of the molecule is CCNC(=NCc1nc(C)c(C)o1)NC1CC(C)N(Cc2ccccc2)C1.I. The van der Waals surface area contributed by atoms with Crippen LogP contribution in [0.1, 0.15) is 43.2 Å². The molecule has 154 valence electrons. The van der Waals surface area contributed by atoms with Crippen molar-refractivity contribution >= 4 is 29.9 Å². The van der Waals surface area contributed by atoms with Crippen LogP contribution >= 0.6 is 24.0 Å². The van der Waals surface area contributed by atoms with E-state index in [0.717, 1.165) is 43.5 Å². The Morgan fingerprint density at radius 1 is 1.29 bits per heavy atom. The fourth-order valence-corrected chi connectivity index (χ4v) is 3.51. The lowest BCUT2D eigenvalue weighted by atomic mass is 10.2. The van der Waals surface area contributed by atoms with Crippen LogP contribution in [0.4, 0.5) is 0 Å². The van der Waals surface area contributed by atoms with Crippen molar-refractivity contribution in [1.29, 1.82) is 0 Å². The largest absolute Gasteiger partial charge is 0.444 e. The van der Waals surface area contributed by atoms with Crippen LogP contribution in [-0.4, -0.2) is 41.0 Å². The van der Waals surface area contributed by atoms with Gasteiger partial charge < -0.3 is 15.1 Å². The van der Waals surface area contributed by atoms with Crippen LogP contribution < -0.4 is 10.6 Å². The predicted octanol–water partition coefficient (Wildman–Crippen LogP) is 3.63. The minimum Gasteiger partial charge on any atom is -0.444 e. The Morgan fingerprint density at radius 3 is 2.68 bits per heavy atom. The highest BCUT2D eigenvalue weighted by atomic mass is 127. The van der Waals surface area contributed by atoms with Crippen LogP contribution in [0.3, 0.4) is 0 Å². The summed E-state index contributed by atoms with van der Waals surface area (Å²) >= 11 is 0. The lowest BCUT2D eigenvalue weighted by molar-refractivity contribution is 0.258. The molecule has 1 fully saturated rings. The fraction of sp³-hybridized carbons (Fsp3) is 0.524. The average molecular weight is 497 g/mol. The Bertz CT molecular complexity index is 742. The number of hydrogen-bond acceptors (Lipinski definition) is 4. The van der Waals surface area contributed by atoms with Gasteiger partial charge in [-0.2, -0.15) is 0 Å². The zero-order valence-electron chi connectivity index (χ0n) is 17.2. The number of hydrogen-bond donors (Lipinski definition) is 2. The number of benzene rings is 1. The molecule has 2 aromatic rings. The first kappa shape index (κ1) is 22.7. The number of aryl methyl sites for hydroxylation is 2. The molecule has 2 unspecified atom stereocenters. The Morgan fingerprint density at radius 2 is 2.04 bits per heavy atom. The second-order valence-electron chi connectivity index (χ2n) is 7.29. The van der Waals surface area contributed by atoms with Gasteiger partial charge in [-0.1, -0.05) is 30.3 Å². The summed E-state index contributed by atoms with van der Waals surface area (Å²) in [7, 11) is 0. The minimum atomic E-state index is 0. The van der Waals surface area contributed by atoms with E-state index in [1.54, 1.807) is 0 Å². The Hall–Kier alpha value is -1.61. The van der Waals surface area contributed by atoms with Crippen molar-refractivity contribution in [2.24, 2.45) is 4.99 Å². The summed E-state index contributed by atoms with van der Waals surface area (Å²) in [5.41, 5.74) is 2.29. The second-order valence-corrected chi connectivity index (χ2v) is 7.29. The van der Waals surface area contributed by atoms with Crippen LogP contribution in [0, 0.1) is 13.8 Å². The van der Waals surface area contributed by atoms with Gasteiger partial charge in [0, 0.05) is 31.7 Å². The third-order valence-electron chi connectivity index (χ3n) is 5.06. The van der Waals surface area contributed by atoms with Gasteiger partial charge in [0.25, 0.3) is 0 Å². The highest BCUT2D eigenvalue weighted by Crippen LogP contribution is 2.20. The highest BCUT2D eigenvalue weighted by Gasteiger charge is 2.29. The summed E-state index contributed by atoms with van der Waals surface area (Å²) in [5.74, 6) is 2.34. The molecule has 1 aromatic carbocycles. The molecule has 1 aliphatic rings. The van der Waals surface area contributed by atoms with Gasteiger partial charge in [-0.05, 0) is 39.7 Å². The highest BCUT2D eigenvalue weighted by molar-refractivity contribution is 14.0. The van der Waals surface area contributed by atoms with Gasteiger partial charge >= 0.3 is 0 Å². The number of halogens is 1. The molecule has 0 amide bonds. The molecule has 0 saturated carbocycles. The third-order valence-corrected chi connectivity index (χ3v) is 5.06. The Balaban J connectivity index is 0.00000280. The molecule has 2 heterocycles. The third kappa shape index (κ3) is 6.20. The van der Waals surface area contributed by atoms with E-state index in [1.165, 1.54) is 5.56 Å². The molecule has 0 radical (unpaired) electrons. The van der Waals surface area contributed by atoms with E-state index in [2.05, 4.69) is 69.7 Å². The number of aliphatic imine (C=N–C) groups is 1. The summed E-state index contributed by atoms with van der Waals surface area (Å²) in [6.45, 7) is 11.5. The van der Waals surface area contributed by atoms with Crippen molar-refractivity contribution < 1.29 is 4.42 Å². The van der Waals surface area contributed by atoms with E-state index in [0.29, 0.717) is 24.5 Å². The summed E-state index contributed by atoms with van der Waals surface area (Å²) in [6.07, 6.45) is 1.11. The standard InChI is InChI=1S/C21H31N5O.HI/c1-5-22-21(23-12-20-24-16(3)17(4)27-20)25-19-11-15(2)26(14-19)13-18-9-7-6-8-10-18;/h6-10,15,19H,5,11-14H2,1-4H3,(H2,22,23,25);1H. The maximum Gasteiger partial charge on any atom is 0.216 e. The number of guanidine groups is 1. The Kier molecular flexibility index (Phi) is 8.75. The molecule has 2 N–H and O–H groups in total. The van der Waals surface area contributed by atoms with Crippen molar-refractivity contribution in [2.75, 3.05) is 13.1 Å². The Labute approximate surface area is 185 Å². The van der Waals surface area contributed by atoms with Crippen molar-refractivity contribution in [3.63, 3.8) is 0 Å². The van der Waals surface area contributed by atoms with E-state index >= 15 is 0 Å². The van der Waals surface area contributed by atoms with Crippen molar-refractivity contribution in [2.45, 2.75) is 59.3 Å². The summed E-state index contributed by atoms with van der Waals surface area (Å²) < 4.78 is 5.63.